The van der Waals surface area contributed by atoms with Crippen LogP contribution in [0.25, 0.3) is 16.9 Å². The molecule has 1 aliphatic heterocycles. The molecule has 0 atom stereocenters. The maximum absolute atomic E-state index is 13.0. The third-order valence-electron chi connectivity index (χ3n) is 4.76. The zero-order valence-corrected chi connectivity index (χ0v) is 17.4. The molecule has 2 aromatic carbocycles. The van der Waals surface area contributed by atoms with Crippen LogP contribution in [0.5, 0.6) is 0 Å². The molecule has 2 N–H and O–H groups in total. The van der Waals surface area contributed by atoms with Gasteiger partial charge in [0.15, 0.2) is 5.69 Å². The molecule has 1 aliphatic rings. The molecule has 30 heavy (non-hydrogen) atoms. The van der Waals surface area contributed by atoms with Gasteiger partial charge in [-0.1, -0.05) is 23.7 Å². The zero-order chi connectivity index (χ0) is 21.3. The highest BCUT2D eigenvalue weighted by molar-refractivity contribution is 7.89. The molecule has 0 saturated carbocycles. The Bertz CT molecular complexity index is 1190. The van der Waals surface area contributed by atoms with Crippen LogP contribution in [0.3, 0.4) is 0 Å². The number of hydrogen-bond acceptors (Lipinski definition) is 5. The predicted molar refractivity (Wildman–Crippen MR) is 112 cm³/mol. The van der Waals surface area contributed by atoms with Crippen LogP contribution in [0.15, 0.2) is 59.5 Å². The lowest BCUT2D eigenvalue weighted by Gasteiger charge is -2.25. The van der Waals surface area contributed by atoms with Gasteiger partial charge in [-0.25, -0.2) is 18.2 Å². The number of nitrogens with zero attached hydrogens (tertiary/aromatic N) is 3. The third kappa shape index (κ3) is 4.24. The first-order valence-corrected chi connectivity index (χ1v) is 11.1. The van der Waals surface area contributed by atoms with Crippen molar-refractivity contribution in [2.75, 3.05) is 26.3 Å². The Hall–Kier alpha value is -2.72. The lowest BCUT2D eigenvalue weighted by molar-refractivity contribution is 0.0298. The van der Waals surface area contributed by atoms with E-state index in [-0.39, 0.29) is 16.5 Å². The summed E-state index contributed by atoms with van der Waals surface area (Å²) in [6.45, 7) is 1.98. The molecule has 1 aromatic heterocycles. The fourth-order valence-corrected chi connectivity index (χ4v) is 3.95. The number of amides is 1. The number of sulfonamides is 1. The minimum absolute atomic E-state index is 0.00710. The molecule has 10 heteroatoms. The van der Waals surface area contributed by atoms with Crippen LogP contribution in [-0.2, 0) is 14.8 Å². The van der Waals surface area contributed by atoms with Gasteiger partial charge < -0.3 is 9.64 Å². The molecule has 156 valence electrons. The minimum Gasteiger partial charge on any atom is -0.378 e. The van der Waals surface area contributed by atoms with Crippen molar-refractivity contribution in [3.05, 3.63) is 65.3 Å². The van der Waals surface area contributed by atoms with Gasteiger partial charge in [-0.05, 0) is 42.5 Å². The molecule has 2 heterocycles. The lowest BCUT2D eigenvalue weighted by Crippen LogP contribution is -2.40. The Morgan fingerprint density at radius 1 is 1.07 bits per heavy atom. The molecule has 0 radical (unpaired) electrons. The second-order valence-electron chi connectivity index (χ2n) is 6.78. The van der Waals surface area contributed by atoms with E-state index in [1.807, 2.05) is 12.1 Å². The van der Waals surface area contributed by atoms with Crippen LogP contribution >= 0.6 is 11.6 Å². The molecule has 1 fully saturated rings. The molecular weight excluding hydrogens is 428 g/mol. The van der Waals surface area contributed by atoms with Crippen LogP contribution in [0.2, 0.25) is 5.02 Å². The number of morpholine rings is 1. The van der Waals surface area contributed by atoms with E-state index in [1.165, 1.54) is 12.1 Å². The number of aromatic nitrogens is 2. The van der Waals surface area contributed by atoms with E-state index in [2.05, 4.69) is 5.10 Å². The molecule has 0 unspecified atom stereocenters. The van der Waals surface area contributed by atoms with Crippen LogP contribution < -0.4 is 5.14 Å². The van der Waals surface area contributed by atoms with Crippen molar-refractivity contribution < 1.29 is 17.9 Å². The topological polar surface area (TPSA) is 108 Å². The van der Waals surface area contributed by atoms with E-state index < -0.39 is 10.0 Å². The predicted octanol–water partition coefficient (Wildman–Crippen LogP) is 2.31. The highest BCUT2D eigenvalue weighted by Gasteiger charge is 2.23. The average Bonchev–Trinajstić information content (AvgIpc) is 3.19. The number of nitrogens with two attached hydrogens (primary N) is 1. The second kappa shape index (κ2) is 8.19. The first-order valence-electron chi connectivity index (χ1n) is 9.19. The van der Waals surface area contributed by atoms with Crippen molar-refractivity contribution in [2.45, 2.75) is 4.90 Å². The van der Waals surface area contributed by atoms with Gasteiger partial charge in [0.25, 0.3) is 5.91 Å². The molecule has 1 saturated heterocycles. The summed E-state index contributed by atoms with van der Waals surface area (Å²) in [6, 6.07) is 14.9. The van der Waals surface area contributed by atoms with Gasteiger partial charge >= 0.3 is 0 Å². The number of ether oxygens (including phenoxy) is 1. The first-order chi connectivity index (χ1) is 14.3. The SMILES string of the molecule is NS(=O)(=O)c1ccc(-n2nc(C(=O)N3CCOCC3)cc2-c2cccc(Cl)c2)cc1. The van der Waals surface area contributed by atoms with Crippen LogP contribution in [-0.4, -0.2) is 55.3 Å². The van der Waals surface area contributed by atoms with E-state index in [1.54, 1.807) is 39.9 Å². The van der Waals surface area contributed by atoms with Gasteiger partial charge in [0, 0.05) is 23.7 Å². The molecule has 0 bridgehead atoms. The average molecular weight is 447 g/mol. The number of carbonyl (C=O) groups excluding carboxylic acids is 1. The lowest BCUT2D eigenvalue weighted by atomic mass is 10.1. The summed E-state index contributed by atoms with van der Waals surface area (Å²) in [5, 5.41) is 10.2. The third-order valence-corrected chi connectivity index (χ3v) is 5.92. The Kier molecular flexibility index (Phi) is 5.61. The molecular formula is C20H19ClN4O4S. The summed E-state index contributed by atoms with van der Waals surface area (Å²) in [6.07, 6.45) is 0. The van der Waals surface area contributed by atoms with Crippen molar-refractivity contribution in [1.29, 1.82) is 0 Å². The van der Waals surface area contributed by atoms with E-state index >= 15 is 0 Å². The summed E-state index contributed by atoms with van der Waals surface area (Å²) in [5.41, 5.74) is 2.28. The van der Waals surface area contributed by atoms with Gasteiger partial charge in [-0.15, -0.1) is 0 Å². The van der Waals surface area contributed by atoms with E-state index in [0.29, 0.717) is 42.7 Å². The zero-order valence-electron chi connectivity index (χ0n) is 15.9. The second-order valence-corrected chi connectivity index (χ2v) is 8.78. The van der Waals surface area contributed by atoms with Crippen LogP contribution in [0.1, 0.15) is 10.5 Å². The normalized spacial score (nSPS) is 14.7. The number of hydrogen-bond donors (Lipinski definition) is 1. The van der Waals surface area contributed by atoms with Gasteiger partial charge in [-0.2, -0.15) is 5.10 Å². The van der Waals surface area contributed by atoms with E-state index in [9.17, 15) is 13.2 Å². The molecule has 4 rings (SSSR count). The smallest absolute Gasteiger partial charge is 0.274 e. The first kappa shape index (κ1) is 20.5. The summed E-state index contributed by atoms with van der Waals surface area (Å²) < 4.78 is 30.0. The summed E-state index contributed by atoms with van der Waals surface area (Å²) in [5.74, 6) is -0.193. The van der Waals surface area contributed by atoms with Gasteiger partial charge in [0.1, 0.15) is 0 Å². The molecule has 3 aromatic rings. The maximum Gasteiger partial charge on any atom is 0.274 e. The highest BCUT2D eigenvalue weighted by atomic mass is 35.5. The molecule has 8 nitrogen and oxygen atoms in total. The Morgan fingerprint density at radius 3 is 2.40 bits per heavy atom. The van der Waals surface area contributed by atoms with Crippen molar-refractivity contribution >= 4 is 27.5 Å². The highest BCUT2D eigenvalue weighted by Crippen LogP contribution is 2.27. The number of rotatable bonds is 4. The summed E-state index contributed by atoms with van der Waals surface area (Å²) in [4.78, 5) is 14.6. The number of primary sulfonamides is 1. The standard InChI is InChI=1S/C20H19ClN4O4S/c21-15-3-1-2-14(12-15)19-13-18(20(26)24-8-10-29-11-9-24)23-25(19)16-4-6-17(7-5-16)30(22,27)28/h1-7,12-13H,8-11H2,(H2,22,27,28). The summed E-state index contributed by atoms with van der Waals surface area (Å²) in [7, 11) is -3.81. The fourth-order valence-electron chi connectivity index (χ4n) is 3.24. The number of benzene rings is 2. The Morgan fingerprint density at radius 2 is 1.77 bits per heavy atom. The monoisotopic (exact) mass is 446 g/mol. The minimum atomic E-state index is -3.81. The number of halogens is 1. The molecule has 1 amide bonds. The summed E-state index contributed by atoms with van der Waals surface area (Å²) >= 11 is 6.16. The van der Waals surface area contributed by atoms with Gasteiger partial charge in [-0.3, -0.25) is 4.79 Å². The Labute approximate surface area is 178 Å². The van der Waals surface area contributed by atoms with Crippen molar-refractivity contribution in [2.24, 2.45) is 5.14 Å². The van der Waals surface area contributed by atoms with E-state index in [0.717, 1.165) is 5.56 Å². The quantitative estimate of drug-likeness (QED) is 0.661. The van der Waals surface area contributed by atoms with E-state index in [4.69, 9.17) is 21.5 Å². The van der Waals surface area contributed by atoms with Crippen molar-refractivity contribution in [3.8, 4) is 16.9 Å². The maximum atomic E-state index is 13.0. The van der Waals surface area contributed by atoms with Gasteiger partial charge in [0.05, 0.1) is 29.5 Å². The Balaban J connectivity index is 1.79. The van der Waals surface area contributed by atoms with Crippen molar-refractivity contribution in [3.63, 3.8) is 0 Å². The van der Waals surface area contributed by atoms with Crippen molar-refractivity contribution in [1.82, 2.24) is 14.7 Å². The number of carbonyl (C=O) groups is 1. The molecule has 0 spiro atoms. The largest absolute Gasteiger partial charge is 0.378 e. The fraction of sp³-hybridized carbons (Fsp3) is 0.200. The molecule has 0 aliphatic carbocycles. The van der Waals surface area contributed by atoms with Crippen LogP contribution in [0, 0.1) is 0 Å². The van der Waals surface area contributed by atoms with Crippen LogP contribution in [0.4, 0.5) is 0 Å². The van der Waals surface area contributed by atoms with Gasteiger partial charge in [0.2, 0.25) is 10.0 Å².